The summed E-state index contributed by atoms with van der Waals surface area (Å²) >= 11 is 5.92. The molecule has 0 heterocycles. The first kappa shape index (κ1) is 15.4. The predicted molar refractivity (Wildman–Crippen MR) is 71.5 cm³/mol. The number of nitro groups is 1. The SMILES string of the molecule is COCC(C)N(C)C(=O)c1cc([N+](=O)[O-])ccc1Cl. The fourth-order valence-corrected chi connectivity index (χ4v) is 1.73. The Labute approximate surface area is 116 Å². The Morgan fingerprint density at radius 2 is 2.21 bits per heavy atom. The van der Waals surface area contributed by atoms with Crippen LogP contribution in [0.15, 0.2) is 18.2 Å². The maximum atomic E-state index is 12.2. The van der Waals surface area contributed by atoms with Gasteiger partial charge in [0.1, 0.15) is 0 Å². The van der Waals surface area contributed by atoms with Crippen LogP contribution in [-0.2, 0) is 4.74 Å². The van der Waals surface area contributed by atoms with Gasteiger partial charge < -0.3 is 9.64 Å². The fourth-order valence-electron chi connectivity index (χ4n) is 1.53. The summed E-state index contributed by atoms with van der Waals surface area (Å²) < 4.78 is 4.97. The largest absolute Gasteiger partial charge is 0.383 e. The summed E-state index contributed by atoms with van der Waals surface area (Å²) in [6.45, 7) is 2.18. The van der Waals surface area contributed by atoms with Crippen LogP contribution < -0.4 is 0 Å². The molecule has 1 aromatic carbocycles. The van der Waals surface area contributed by atoms with Crippen molar-refractivity contribution in [3.63, 3.8) is 0 Å². The molecule has 0 radical (unpaired) electrons. The standard InChI is InChI=1S/C12H15ClN2O4/c1-8(7-19-3)14(2)12(16)10-6-9(15(17)18)4-5-11(10)13/h4-6,8H,7H2,1-3H3. The van der Waals surface area contributed by atoms with E-state index in [9.17, 15) is 14.9 Å². The number of methoxy groups -OCH3 is 1. The summed E-state index contributed by atoms with van der Waals surface area (Å²) in [7, 11) is 3.14. The number of carbonyl (C=O) groups excluding carboxylic acids is 1. The van der Waals surface area contributed by atoms with Crippen molar-refractivity contribution in [2.75, 3.05) is 20.8 Å². The van der Waals surface area contributed by atoms with Gasteiger partial charge in [-0.25, -0.2) is 0 Å². The fraction of sp³-hybridized carbons (Fsp3) is 0.417. The molecule has 0 spiro atoms. The van der Waals surface area contributed by atoms with Gasteiger partial charge in [-0.05, 0) is 13.0 Å². The molecule has 0 aliphatic heterocycles. The molecule has 1 amide bonds. The van der Waals surface area contributed by atoms with Crippen molar-refractivity contribution in [3.05, 3.63) is 38.9 Å². The van der Waals surface area contributed by atoms with E-state index < -0.39 is 4.92 Å². The zero-order valence-corrected chi connectivity index (χ0v) is 11.7. The van der Waals surface area contributed by atoms with E-state index in [1.165, 1.54) is 30.2 Å². The number of nitro benzene ring substituents is 1. The van der Waals surface area contributed by atoms with Crippen LogP contribution in [-0.4, -0.2) is 42.5 Å². The summed E-state index contributed by atoms with van der Waals surface area (Å²) in [5, 5.41) is 10.9. The third kappa shape index (κ3) is 3.65. The van der Waals surface area contributed by atoms with Gasteiger partial charge in [0, 0.05) is 26.3 Å². The van der Waals surface area contributed by atoms with Gasteiger partial charge in [-0.2, -0.15) is 0 Å². The van der Waals surface area contributed by atoms with Crippen LogP contribution in [0.5, 0.6) is 0 Å². The molecule has 1 unspecified atom stereocenters. The zero-order valence-electron chi connectivity index (χ0n) is 10.9. The number of nitrogens with zero attached hydrogens (tertiary/aromatic N) is 2. The topological polar surface area (TPSA) is 72.7 Å². The second kappa shape index (κ2) is 6.49. The Hall–Kier alpha value is -1.66. The normalized spacial score (nSPS) is 12.0. The first-order chi connectivity index (χ1) is 8.88. The molecule has 7 heteroatoms. The Kier molecular flexibility index (Phi) is 5.26. The summed E-state index contributed by atoms with van der Waals surface area (Å²) in [5.41, 5.74) is -0.0538. The number of carbonyl (C=O) groups is 1. The highest BCUT2D eigenvalue weighted by Crippen LogP contribution is 2.23. The minimum Gasteiger partial charge on any atom is -0.383 e. The van der Waals surface area contributed by atoms with Crippen molar-refractivity contribution >= 4 is 23.2 Å². The molecule has 0 fully saturated rings. The number of benzene rings is 1. The minimum atomic E-state index is -0.564. The quantitative estimate of drug-likeness (QED) is 0.615. The summed E-state index contributed by atoms with van der Waals surface area (Å²) in [6.07, 6.45) is 0. The van der Waals surface area contributed by atoms with Crippen LogP contribution in [0, 0.1) is 10.1 Å². The van der Waals surface area contributed by atoms with E-state index in [-0.39, 0.29) is 28.2 Å². The van der Waals surface area contributed by atoms with Gasteiger partial charge in [-0.3, -0.25) is 14.9 Å². The molecule has 0 aliphatic rings. The van der Waals surface area contributed by atoms with Crippen LogP contribution in [0.2, 0.25) is 5.02 Å². The number of hydrogen-bond acceptors (Lipinski definition) is 4. The Bertz CT molecular complexity index is 493. The molecule has 1 aromatic rings. The van der Waals surface area contributed by atoms with Crippen LogP contribution in [0.3, 0.4) is 0 Å². The molecule has 0 aromatic heterocycles. The van der Waals surface area contributed by atoms with Gasteiger partial charge in [0.25, 0.3) is 11.6 Å². The van der Waals surface area contributed by atoms with E-state index in [0.717, 1.165) is 0 Å². The maximum Gasteiger partial charge on any atom is 0.270 e. The molecular formula is C12H15ClN2O4. The summed E-state index contributed by atoms with van der Waals surface area (Å²) in [4.78, 5) is 23.8. The lowest BCUT2D eigenvalue weighted by Crippen LogP contribution is -2.37. The van der Waals surface area contributed by atoms with E-state index in [0.29, 0.717) is 6.61 Å². The molecule has 6 nitrogen and oxygen atoms in total. The first-order valence-corrected chi connectivity index (χ1v) is 5.96. The maximum absolute atomic E-state index is 12.2. The average Bonchev–Trinajstić information content (AvgIpc) is 2.37. The molecule has 104 valence electrons. The Balaban J connectivity index is 3.04. The molecule has 0 bridgehead atoms. The number of amides is 1. The lowest BCUT2D eigenvalue weighted by atomic mass is 10.1. The molecule has 0 aliphatic carbocycles. The molecule has 1 atom stereocenters. The third-order valence-electron chi connectivity index (χ3n) is 2.78. The van der Waals surface area contributed by atoms with Crippen LogP contribution >= 0.6 is 11.6 Å². The van der Waals surface area contributed by atoms with Gasteiger partial charge in [0.05, 0.1) is 28.2 Å². The zero-order chi connectivity index (χ0) is 14.6. The number of ether oxygens (including phenoxy) is 1. The molecular weight excluding hydrogens is 272 g/mol. The van der Waals surface area contributed by atoms with Gasteiger partial charge >= 0.3 is 0 Å². The monoisotopic (exact) mass is 286 g/mol. The highest BCUT2D eigenvalue weighted by molar-refractivity contribution is 6.33. The van der Waals surface area contributed by atoms with Gasteiger partial charge in [-0.1, -0.05) is 11.6 Å². The van der Waals surface area contributed by atoms with E-state index >= 15 is 0 Å². The minimum absolute atomic E-state index is 0.112. The molecule has 0 N–H and O–H groups in total. The number of halogens is 1. The van der Waals surface area contributed by atoms with Gasteiger partial charge in [0.2, 0.25) is 0 Å². The van der Waals surface area contributed by atoms with Crippen molar-refractivity contribution in [2.45, 2.75) is 13.0 Å². The van der Waals surface area contributed by atoms with E-state index in [2.05, 4.69) is 0 Å². The van der Waals surface area contributed by atoms with Gasteiger partial charge in [0.15, 0.2) is 0 Å². The lowest BCUT2D eigenvalue weighted by Gasteiger charge is -2.24. The third-order valence-corrected chi connectivity index (χ3v) is 3.11. The van der Waals surface area contributed by atoms with Crippen molar-refractivity contribution in [2.24, 2.45) is 0 Å². The van der Waals surface area contributed by atoms with E-state index in [1.54, 1.807) is 7.05 Å². The highest BCUT2D eigenvalue weighted by atomic mass is 35.5. The van der Waals surface area contributed by atoms with E-state index in [4.69, 9.17) is 16.3 Å². The van der Waals surface area contributed by atoms with Crippen molar-refractivity contribution in [1.82, 2.24) is 4.90 Å². The number of non-ortho nitro benzene ring substituents is 1. The Morgan fingerprint density at radius 3 is 2.74 bits per heavy atom. The van der Waals surface area contributed by atoms with Crippen molar-refractivity contribution < 1.29 is 14.5 Å². The van der Waals surface area contributed by atoms with Crippen molar-refractivity contribution in [3.8, 4) is 0 Å². The number of rotatable bonds is 5. The van der Waals surface area contributed by atoms with Crippen LogP contribution in [0.25, 0.3) is 0 Å². The molecule has 0 saturated heterocycles. The second-order valence-corrected chi connectivity index (χ2v) is 4.55. The number of likely N-dealkylation sites (N-methyl/N-ethyl adjacent to an activating group) is 1. The van der Waals surface area contributed by atoms with Crippen molar-refractivity contribution in [1.29, 1.82) is 0 Å². The first-order valence-electron chi connectivity index (χ1n) is 5.58. The Morgan fingerprint density at radius 1 is 1.58 bits per heavy atom. The highest BCUT2D eigenvalue weighted by Gasteiger charge is 2.22. The molecule has 1 rings (SSSR count). The molecule has 19 heavy (non-hydrogen) atoms. The number of hydrogen-bond donors (Lipinski definition) is 0. The van der Waals surface area contributed by atoms with Gasteiger partial charge in [-0.15, -0.1) is 0 Å². The predicted octanol–water partition coefficient (Wildman–Crippen LogP) is 2.36. The smallest absolute Gasteiger partial charge is 0.270 e. The van der Waals surface area contributed by atoms with Crippen LogP contribution in [0.1, 0.15) is 17.3 Å². The molecule has 0 saturated carbocycles. The van der Waals surface area contributed by atoms with E-state index in [1.807, 2.05) is 6.92 Å². The summed E-state index contributed by atoms with van der Waals surface area (Å²) in [6, 6.07) is 3.63. The second-order valence-electron chi connectivity index (χ2n) is 4.14. The summed E-state index contributed by atoms with van der Waals surface area (Å²) in [5.74, 6) is -0.377. The van der Waals surface area contributed by atoms with Crippen LogP contribution in [0.4, 0.5) is 5.69 Å². The lowest BCUT2D eigenvalue weighted by molar-refractivity contribution is -0.384. The average molecular weight is 287 g/mol.